The molecule has 5 unspecified atom stereocenters. The lowest BCUT2D eigenvalue weighted by molar-refractivity contribution is 0.387. The summed E-state index contributed by atoms with van der Waals surface area (Å²) in [5.74, 6) is 4.98. The first kappa shape index (κ1) is 12.2. The zero-order chi connectivity index (χ0) is 14.0. The standard InChI is InChI=1S/C19H22N2/c1-20-19(18-16-11-5-6-12(9-11)17(16)18)15-4-2-3-13-10-21-8-7-14(13)15/h2-4,7-8,10-12,16-20H,5-6,9H2,1H3. The minimum absolute atomic E-state index is 0.523. The average Bonchev–Trinajstić information content (AvgIpc) is 2.94. The minimum Gasteiger partial charge on any atom is -0.313 e. The molecule has 1 heterocycles. The molecule has 5 rings (SSSR count). The summed E-state index contributed by atoms with van der Waals surface area (Å²) in [6.07, 6.45) is 8.44. The molecule has 1 aromatic carbocycles. The van der Waals surface area contributed by atoms with Gasteiger partial charge in [0.15, 0.2) is 0 Å². The molecule has 0 aliphatic heterocycles. The Labute approximate surface area is 126 Å². The van der Waals surface area contributed by atoms with Crippen LogP contribution in [0, 0.1) is 29.6 Å². The highest BCUT2D eigenvalue weighted by Gasteiger charge is 2.66. The molecule has 21 heavy (non-hydrogen) atoms. The normalized spacial score (nSPS) is 37.7. The van der Waals surface area contributed by atoms with E-state index in [1.54, 1.807) is 0 Å². The van der Waals surface area contributed by atoms with Gasteiger partial charge in [0.1, 0.15) is 0 Å². The van der Waals surface area contributed by atoms with E-state index < -0.39 is 0 Å². The third-order valence-corrected chi connectivity index (χ3v) is 6.54. The van der Waals surface area contributed by atoms with E-state index in [2.05, 4.69) is 41.6 Å². The monoisotopic (exact) mass is 278 g/mol. The highest BCUT2D eigenvalue weighted by molar-refractivity contribution is 5.85. The topological polar surface area (TPSA) is 24.9 Å². The first-order valence-electron chi connectivity index (χ1n) is 8.38. The van der Waals surface area contributed by atoms with Crippen molar-refractivity contribution in [3.05, 3.63) is 42.2 Å². The Morgan fingerprint density at radius 2 is 1.95 bits per heavy atom. The number of hydrogen-bond acceptors (Lipinski definition) is 2. The third-order valence-electron chi connectivity index (χ3n) is 6.54. The zero-order valence-electron chi connectivity index (χ0n) is 12.5. The summed E-state index contributed by atoms with van der Waals surface area (Å²) in [6.45, 7) is 0. The first-order chi connectivity index (χ1) is 10.4. The van der Waals surface area contributed by atoms with Crippen molar-refractivity contribution in [1.82, 2.24) is 10.3 Å². The van der Waals surface area contributed by atoms with Crippen molar-refractivity contribution in [3.8, 4) is 0 Å². The molecule has 1 N–H and O–H groups in total. The van der Waals surface area contributed by atoms with E-state index in [1.165, 1.54) is 35.6 Å². The van der Waals surface area contributed by atoms with Crippen molar-refractivity contribution in [2.45, 2.75) is 25.3 Å². The molecular formula is C19H22N2. The Hall–Kier alpha value is -1.41. The number of nitrogens with zero attached hydrogens (tertiary/aromatic N) is 1. The fourth-order valence-electron chi connectivity index (χ4n) is 5.81. The first-order valence-corrected chi connectivity index (χ1v) is 8.38. The molecule has 5 atom stereocenters. The van der Waals surface area contributed by atoms with E-state index in [0.717, 1.165) is 29.6 Å². The van der Waals surface area contributed by atoms with E-state index in [9.17, 15) is 0 Å². The highest BCUT2D eigenvalue weighted by atomic mass is 14.9. The Kier molecular flexibility index (Phi) is 2.49. The fraction of sp³-hybridized carbons (Fsp3) is 0.526. The zero-order valence-corrected chi connectivity index (χ0v) is 12.5. The minimum atomic E-state index is 0.523. The second-order valence-electron chi connectivity index (χ2n) is 7.28. The van der Waals surface area contributed by atoms with Gasteiger partial charge in [-0.2, -0.15) is 0 Å². The lowest BCUT2D eigenvalue weighted by Crippen LogP contribution is -2.22. The number of hydrogen-bond donors (Lipinski definition) is 1. The van der Waals surface area contributed by atoms with Crippen LogP contribution >= 0.6 is 0 Å². The maximum absolute atomic E-state index is 4.27. The van der Waals surface area contributed by atoms with Crippen LogP contribution in [-0.2, 0) is 0 Å². The van der Waals surface area contributed by atoms with Crippen LogP contribution in [0.3, 0.4) is 0 Å². The third kappa shape index (κ3) is 1.60. The lowest BCUT2D eigenvalue weighted by atomic mass is 9.90. The Bertz CT molecular complexity index is 674. The summed E-state index contributed by atoms with van der Waals surface area (Å²) in [4.78, 5) is 4.27. The predicted octanol–water partition coefficient (Wildman–Crippen LogP) is 3.79. The molecule has 0 amide bonds. The van der Waals surface area contributed by atoms with Crippen LogP contribution < -0.4 is 5.32 Å². The molecule has 3 saturated carbocycles. The van der Waals surface area contributed by atoms with E-state index in [-0.39, 0.29) is 0 Å². The van der Waals surface area contributed by atoms with Crippen LogP contribution in [0.1, 0.15) is 30.9 Å². The number of rotatable bonds is 3. The lowest BCUT2D eigenvalue weighted by Gasteiger charge is -2.22. The number of fused-ring (bicyclic) bond motifs is 6. The molecule has 2 aromatic rings. The van der Waals surface area contributed by atoms with Gasteiger partial charge >= 0.3 is 0 Å². The van der Waals surface area contributed by atoms with Crippen LogP contribution in [0.25, 0.3) is 10.8 Å². The number of nitrogens with one attached hydrogen (secondary N) is 1. The van der Waals surface area contributed by atoms with Gasteiger partial charge in [-0.1, -0.05) is 18.2 Å². The van der Waals surface area contributed by atoms with Crippen molar-refractivity contribution in [2.75, 3.05) is 7.05 Å². The maximum Gasteiger partial charge on any atom is 0.0358 e. The molecular weight excluding hydrogens is 256 g/mol. The highest BCUT2D eigenvalue weighted by Crippen LogP contribution is 2.72. The molecule has 3 aliphatic carbocycles. The summed E-state index contributed by atoms with van der Waals surface area (Å²) >= 11 is 0. The smallest absolute Gasteiger partial charge is 0.0358 e. The van der Waals surface area contributed by atoms with Crippen LogP contribution in [0.4, 0.5) is 0 Å². The number of aromatic nitrogens is 1. The molecule has 3 aliphatic rings. The van der Waals surface area contributed by atoms with Crippen LogP contribution in [0.2, 0.25) is 0 Å². The summed E-state index contributed by atoms with van der Waals surface area (Å²) < 4.78 is 0. The van der Waals surface area contributed by atoms with Gasteiger partial charge < -0.3 is 5.32 Å². The molecule has 108 valence electrons. The number of pyridine rings is 1. The molecule has 3 fully saturated rings. The molecule has 2 bridgehead atoms. The average molecular weight is 278 g/mol. The number of benzene rings is 1. The maximum atomic E-state index is 4.27. The SMILES string of the molecule is CNC(c1cccc2cnccc12)C1C2C3CCC(C3)C21. The van der Waals surface area contributed by atoms with Gasteiger partial charge in [0, 0.05) is 23.8 Å². The van der Waals surface area contributed by atoms with Gasteiger partial charge in [0.05, 0.1) is 0 Å². The Balaban J connectivity index is 1.56. The molecule has 0 radical (unpaired) electrons. The van der Waals surface area contributed by atoms with Crippen LogP contribution in [0.15, 0.2) is 36.7 Å². The van der Waals surface area contributed by atoms with Gasteiger partial charge in [0.2, 0.25) is 0 Å². The van der Waals surface area contributed by atoms with Crippen molar-refractivity contribution >= 4 is 10.8 Å². The van der Waals surface area contributed by atoms with Crippen LogP contribution in [-0.4, -0.2) is 12.0 Å². The largest absolute Gasteiger partial charge is 0.313 e. The second kappa shape index (κ2) is 4.30. The second-order valence-corrected chi connectivity index (χ2v) is 7.28. The Morgan fingerprint density at radius 1 is 1.14 bits per heavy atom. The predicted molar refractivity (Wildman–Crippen MR) is 84.8 cm³/mol. The van der Waals surface area contributed by atoms with Gasteiger partial charge in [0.25, 0.3) is 0 Å². The summed E-state index contributed by atoms with van der Waals surface area (Å²) in [6, 6.07) is 9.39. The van der Waals surface area contributed by atoms with E-state index in [4.69, 9.17) is 0 Å². The van der Waals surface area contributed by atoms with Crippen molar-refractivity contribution in [1.29, 1.82) is 0 Å². The van der Waals surface area contributed by atoms with Gasteiger partial charge in [-0.25, -0.2) is 0 Å². The van der Waals surface area contributed by atoms with E-state index >= 15 is 0 Å². The van der Waals surface area contributed by atoms with Gasteiger partial charge in [-0.3, -0.25) is 4.98 Å². The van der Waals surface area contributed by atoms with Crippen molar-refractivity contribution in [2.24, 2.45) is 29.6 Å². The van der Waals surface area contributed by atoms with E-state index in [0.29, 0.717) is 6.04 Å². The summed E-state index contributed by atoms with van der Waals surface area (Å²) in [5.41, 5.74) is 1.48. The molecule has 2 nitrogen and oxygen atoms in total. The fourth-order valence-corrected chi connectivity index (χ4v) is 5.81. The summed E-state index contributed by atoms with van der Waals surface area (Å²) in [5, 5.41) is 6.30. The molecule has 2 heteroatoms. The summed E-state index contributed by atoms with van der Waals surface area (Å²) in [7, 11) is 2.14. The van der Waals surface area contributed by atoms with Gasteiger partial charge in [-0.05, 0) is 72.9 Å². The molecule has 0 saturated heterocycles. The van der Waals surface area contributed by atoms with Crippen molar-refractivity contribution < 1.29 is 0 Å². The Morgan fingerprint density at radius 3 is 2.71 bits per heavy atom. The van der Waals surface area contributed by atoms with E-state index in [1.807, 2.05) is 12.4 Å². The molecule has 1 aromatic heterocycles. The van der Waals surface area contributed by atoms with Crippen LogP contribution in [0.5, 0.6) is 0 Å². The van der Waals surface area contributed by atoms with Crippen molar-refractivity contribution in [3.63, 3.8) is 0 Å². The van der Waals surface area contributed by atoms with Gasteiger partial charge in [-0.15, -0.1) is 0 Å². The molecule has 0 spiro atoms. The quantitative estimate of drug-likeness (QED) is 0.924.